The zero-order chi connectivity index (χ0) is 22.2. The smallest absolute Gasteiger partial charge is 0.255 e. The second-order valence-corrected chi connectivity index (χ2v) is 8.16. The molecule has 31 heavy (non-hydrogen) atoms. The molecule has 2 heterocycles. The van der Waals surface area contributed by atoms with Gasteiger partial charge in [0.25, 0.3) is 5.56 Å². The Morgan fingerprint density at radius 1 is 1.26 bits per heavy atom. The van der Waals surface area contributed by atoms with E-state index in [1.807, 2.05) is 44.1 Å². The summed E-state index contributed by atoms with van der Waals surface area (Å²) in [6, 6.07) is 10.5. The van der Waals surface area contributed by atoms with Crippen LogP contribution in [0.25, 0.3) is 0 Å². The summed E-state index contributed by atoms with van der Waals surface area (Å²) in [4.78, 5) is 36.6. The number of benzene rings is 1. The number of hydrogen-bond acceptors (Lipinski definition) is 6. The number of likely N-dealkylation sites (N-methyl/N-ethyl adjacent to an activating group) is 1. The molecule has 8 heteroatoms. The Labute approximate surface area is 183 Å². The summed E-state index contributed by atoms with van der Waals surface area (Å²) < 4.78 is 5.35. The predicted molar refractivity (Wildman–Crippen MR) is 122 cm³/mol. The number of nitrogens with zero attached hydrogens (tertiary/aromatic N) is 3. The van der Waals surface area contributed by atoms with Gasteiger partial charge in [-0.2, -0.15) is 0 Å². The van der Waals surface area contributed by atoms with Gasteiger partial charge in [0.05, 0.1) is 13.2 Å². The van der Waals surface area contributed by atoms with Gasteiger partial charge in [-0.3, -0.25) is 14.6 Å². The van der Waals surface area contributed by atoms with Gasteiger partial charge in [0.15, 0.2) is 0 Å². The van der Waals surface area contributed by atoms with E-state index in [9.17, 15) is 9.59 Å². The van der Waals surface area contributed by atoms with Crippen LogP contribution >= 0.6 is 0 Å². The minimum Gasteiger partial charge on any atom is -0.378 e. The van der Waals surface area contributed by atoms with Crippen molar-refractivity contribution in [3.05, 3.63) is 57.5 Å². The van der Waals surface area contributed by atoms with E-state index < -0.39 is 0 Å². The molecule has 3 rings (SSSR count). The van der Waals surface area contributed by atoms with E-state index in [0.29, 0.717) is 56.5 Å². The van der Waals surface area contributed by atoms with Gasteiger partial charge < -0.3 is 19.9 Å². The number of carbonyl (C=O) groups excluding carboxylic acids is 1. The number of carbonyl (C=O) groups is 1. The number of hydrogen-bond donors (Lipinski definition) is 2. The molecule has 2 N–H and O–H groups in total. The number of nitrogens with one attached hydrogen (secondary N) is 2. The maximum atomic E-state index is 12.6. The van der Waals surface area contributed by atoms with E-state index in [4.69, 9.17) is 4.74 Å². The standard InChI is InChI=1S/C23H33N5O3/c1-17-20(22(30)26-23(25-17)28-11-13-31-14-12-28)9-10-21(29)24-16-19(27(2)3)15-18-7-5-4-6-8-18/h4-8,19H,9-16H2,1-3H3,(H,24,29)(H,25,26,30). The van der Waals surface area contributed by atoms with Crippen molar-refractivity contribution in [1.29, 1.82) is 0 Å². The number of aromatic amines is 1. The number of amides is 1. The van der Waals surface area contributed by atoms with Crippen molar-refractivity contribution in [3.63, 3.8) is 0 Å². The summed E-state index contributed by atoms with van der Waals surface area (Å²) in [6.07, 6.45) is 1.49. The maximum absolute atomic E-state index is 12.6. The second kappa shape index (κ2) is 11.1. The van der Waals surface area contributed by atoms with Gasteiger partial charge in [-0.25, -0.2) is 4.98 Å². The number of aromatic nitrogens is 2. The summed E-state index contributed by atoms with van der Waals surface area (Å²) in [5.41, 5.74) is 2.31. The van der Waals surface area contributed by atoms with Crippen molar-refractivity contribution in [3.8, 4) is 0 Å². The normalized spacial score (nSPS) is 15.2. The minimum atomic E-state index is -0.169. The third kappa shape index (κ3) is 6.63. The molecule has 0 aliphatic carbocycles. The first kappa shape index (κ1) is 23.0. The Morgan fingerprint density at radius 3 is 2.61 bits per heavy atom. The molecule has 2 aromatic rings. The zero-order valence-electron chi connectivity index (χ0n) is 18.7. The van der Waals surface area contributed by atoms with Gasteiger partial charge >= 0.3 is 0 Å². The molecule has 0 saturated carbocycles. The largest absolute Gasteiger partial charge is 0.378 e. The summed E-state index contributed by atoms with van der Waals surface area (Å²) in [6.45, 7) is 5.06. The number of H-pyrrole nitrogens is 1. The average molecular weight is 428 g/mol. The molecular weight excluding hydrogens is 394 g/mol. The van der Waals surface area contributed by atoms with Gasteiger partial charge in [-0.05, 0) is 39.4 Å². The lowest BCUT2D eigenvalue weighted by Crippen LogP contribution is -2.41. The number of morpholine rings is 1. The quantitative estimate of drug-likeness (QED) is 0.624. The van der Waals surface area contributed by atoms with Crippen LogP contribution in [0.4, 0.5) is 5.95 Å². The molecule has 1 unspecified atom stereocenters. The van der Waals surface area contributed by atoms with Crippen LogP contribution in [0.5, 0.6) is 0 Å². The summed E-state index contributed by atoms with van der Waals surface area (Å²) >= 11 is 0. The third-order valence-corrected chi connectivity index (χ3v) is 5.70. The first-order valence-corrected chi connectivity index (χ1v) is 10.8. The fraction of sp³-hybridized carbons (Fsp3) is 0.522. The zero-order valence-corrected chi connectivity index (χ0v) is 18.7. The molecule has 1 aliphatic rings. The monoisotopic (exact) mass is 427 g/mol. The highest BCUT2D eigenvalue weighted by atomic mass is 16.5. The van der Waals surface area contributed by atoms with Crippen molar-refractivity contribution in [2.24, 2.45) is 0 Å². The molecule has 1 saturated heterocycles. The van der Waals surface area contributed by atoms with Crippen LogP contribution < -0.4 is 15.8 Å². The summed E-state index contributed by atoms with van der Waals surface area (Å²) in [5, 5.41) is 3.02. The van der Waals surface area contributed by atoms with Crippen LogP contribution in [0, 0.1) is 6.92 Å². The Kier molecular flexibility index (Phi) is 8.20. The van der Waals surface area contributed by atoms with Crippen LogP contribution in [0.15, 0.2) is 35.1 Å². The molecule has 8 nitrogen and oxygen atoms in total. The molecule has 0 bridgehead atoms. The maximum Gasteiger partial charge on any atom is 0.255 e. The van der Waals surface area contributed by atoms with Crippen LogP contribution in [-0.2, 0) is 22.4 Å². The minimum absolute atomic E-state index is 0.0593. The van der Waals surface area contributed by atoms with E-state index in [1.165, 1.54) is 5.56 Å². The van der Waals surface area contributed by atoms with Gasteiger partial charge in [0, 0.05) is 43.4 Å². The van der Waals surface area contributed by atoms with Crippen molar-refractivity contribution in [2.75, 3.05) is 51.8 Å². The number of anilines is 1. The van der Waals surface area contributed by atoms with E-state index in [2.05, 4.69) is 32.3 Å². The first-order valence-electron chi connectivity index (χ1n) is 10.8. The van der Waals surface area contributed by atoms with Crippen LogP contribution in [0.2, 0.25) is 0 Å². The molecule has 1 aromatic carbocycles. The Hall–Kier alpha value is -2.71. The highest BCUT2D eigenvalue weighted by Crippen LogP contribution is 2.11. The van der Waals surface area contributed by atoms with Crippen LogP contribution in [-0.4, -0.2) is 73.8 Å². The van der Waals surface area contributed by atoms with Gasteiger partial charge in [0.2, 0.25) is 11.9 Å². The Bertz CT molecular complexity index is 907. The molecular formula is C23H33N5O3. The average Bonchev–Trinajstić information content (AvgIpc) is 2.77. The van der Waals surface area contributed by atoms with Gasteiger partial charge in [-0.15, -0.1) is 0 Å². The lowest BCUT2D eigenvalue weighted by atomic mass is 10.0. The first-order chi connectivity index (χ1) is 14.9. The van der Waals surface area contributed by atoms with E-state index in [0.717, 1.165) is 6.42 Å². The SMILES string of the molecule is Cc1nc(N2CCOCC2)[nH]c(=O)c1CCC(=O)NCC(Cc1ccccc1)N(C)C. The molecule has 1 aromatic heterocycles. The summed E-state index contributed by atoms with van der Waals surface area (Å²) in [7, 11) is 4.04. The lowest BCUT2D eigenvalue weighted by molar-refractivity contribution is -0.121. The summed E-state index contributed by atoms with van der Waals surface area (Å²) in [5.74, 6) is 0.518. The van der Waals surface area contributed by atoms with Crippen molar-refractivity contribution < 1.29 is 9.53 Å². The van der Waals surface area contributed by atoms with Crippen molar-refractivity contribution >= 4 is 11.9 Å². The highest BCUT2D eigenvalue weighted by molar-refractivity contribution is 5.76. The third-order valence-electron chi connectivity index (χ3n) is 5.70. The van der Waals surface area contributed by atoms with E-state index in [-0.39, 0.29) is 23.9 Å². The van der Waals surface area contributed by atoms with Crippen LogP contribution in [0.3, 0.4) is 0 Å². The molecule has 0 radical (unpaired) electrons. The molecule has 1 aliphatic heterocycles. The number of rotatable bonds is 9. The fourth-order valence-corrected chi connectivity index (χ4v) is 3.70. The molecule has 1 fully saturated rings. The Morgan fingerprint density at radius 2 is 1.97 bits per heavy atom. The van der Waals surface area contributed by atoms with E-state index in [1.54, 1.807) is 0 Å². The number of aryl methyl sites for hydroxylation is 1. The van der Waals surface area contributed by atoms with Crippen molar-refractivity contribution in [1.82, 2.24) is 20.2 Å². The molecule has 168 valence electrons. The van der Waals surface area contributed by atoms with Gasteiger partial charge in [0.1, 0.15) is 0 Å². The molecule has 1 amide bonds. The molecule has 0 spiro atoms. The second-order valence-electron chi connectivity index (χ2n) is 8.16. The van der Waals surface area contributed by atoms with Crippen LogP contribution in [0.1, 0.15) is 23.2 Å². The lowest BCUT2D eigenvalue weighted by Gasteiger charge is -2.27. The molecule has 1 atom stereocenters. The fourth-order valence-electron chi connectivity index (χ4n) is 3.70. The topological polar surface area (TPSA) is 90.6 Å². The Balaban J connectivity index is 1.53. The number of ether oxygens (including phenoxy) is 1. The highest BCUT2D eigenvalue weighted by Gasteiger charge is 2.18. The predicted octanol–water partition coefficient (Wildman–Crippen LogP) is 1.14. The van der Waals surface area contributed by atoms with Crippen molar-refractivity contribution in [2.45, 2.75) is 32.2 Å². The van der Waals surface area contributed by atoms with E-state index >= 15 is 0 Å². The van der Waals surface area contributed by atoms with Gasteiger partial charge in [-0.1, -0.05) is 30.3 Å².